The smallest absolute Gasteiger partial charge is 0.229 e. The molecule has 0 saturated heterocycles. The highest BCUT2D eigenvalue weighted by molar-refractivity contribution is 6.30. The van der Waals surface area contributed by atoms with Crippen molar-refractivity contribution >= 4 is 34.5 Å². The summed E-state index contributed by atoms with van der Waals surface area (Å²) in [6.07, 6.45) is 3.60. The van der Waals surface area contributed by atoms with E-state index in [1.807, 2.05) is 0 Å². The van der Waals surface area contributed by atoms with Crippen LogP contribution in [-0.4, -0.2) is 64.9 Å². The first-order valence-corrected chi connectivity index (χ1v) is 12.0. The van der Waals surface area contributed by atoms with Crippen molar-refractivity contribution in [2.45, 2.75) is 31.2 Å². The molecule has 1 amide bonds. The SMILES string of the molecule is CNC(=O)[C@@]12C[C@@H]1C(n1cnc3c(NCc4cc(Cl)ccn4)nc(-c4cncc(F)c4)nc31)[C@H](O)[C@@H]2O. The number of halogens is 2. The van der Waals surface area contributed by atoms with Crippen LogP contribution >= 0.6 is 11.6 Å². The highest BCUT2D eigenvalue weighted by atomic mass is 35.5. The number of carbonyl (C=O) groups excluding carboxylic acids is 1. The van der Waals surface area contributed by atoms with E-state index in [2.05, 4.69) is 35.6 Å². The molecule has 190 valence electrons. The number of hydrogen-bond acceptors (Lipinski definition) is 9. The second-order valence-corrected chi connectivity index (χ2v) is 9.72. The molecule has 4 heterocycles. The Balaban J connectivity index is 1.45. The molecule has 5 atom stereocenters. The van der Waals surface area contributed by atoms with Gasteiger partial charge in [0.1, 0.15) is 17.4 Å². The number of aliphatic hydroxyl groups is 2. The first kappa shape index (κ1) is 23.6. The van der Waals surface area contributed by atoms with E-state index in [9.17, 15) is 19.4 Å². The maximum absolute atomic E-state index is 14.0. The molecule has 4 aromatic heterocycles. The Labute approximate surface area is 214 Å². The second kappa shape index (κ2) is 8.68. The third-order valence-corrected chi connectivity index (χ3v) is 7.48. The Hall–Kier alpha value is -3.74. The van der Waals surface area contributed by atoms with E-state index in [0.29, 0.717) is 39.7 Å². The molecule has 2 aliphatic rings. The molecule has 0 aliphatic heterocycles. The van der Waals surface area contributed by atoms with Crippen molar-refractivity contribution in [2.24, 2.45) is 11.3 Å². The largest absolute Gasteiger partial charge is 0.389 e. The highest BCUT2D eigenvalue weighted by Crippen LogP contribution is 2.67. The number of anilines is 1. The van der Waals surface area contributed by atoms with E-state index in [4.69, 9.17) is 11.6 Å². The van der Waals surface area contributed by atoms with Crippen LogP contribution in [0.3, 0.4) is 0 Å². The average molecular weight is 525 g/mol. The molecule has 13 heteroatoms. The zero-order valence-corrected chi connectivity index (χ0v) is 20.3. The number of aromatic nitrogens is 6. The average Bonchev–Trinajstić information content (AvgIpc) is 3.43. The second-order valence-electron chi connectivity index (χ2n) is 9.29. The first-order valence-electron chi connectivity index (χ1n) is 11.6. The maximum atomic E-state index is 14.0. The van der Waals surface area contributed by atoms with Gasteiger partial charge < -0.3 is 25.4 Å². The van der Waals surface area contributed by atoms with Crippen LogP contribution in [0.25, 0.3) is 22.6 Å². The number of pyridine rings is 2. The molecule has 0 radical (unpaired) electrons. The summed E-state index contributed by atoms with van der Waals surface area (Å²) in [5.74, 6) is -0.630. The Morgan fingerprint density at radius 1 is 1.27 bits per heavy atom. The van der Waals surface area contributed by atoms with Gasteiger partial charge in [-0.2, -0.15) is 0 Å². The zero-order valence-electron chi connectivity index (χ0n) is 19.5. The first-order chi connectivity index (χ1) is 17.8. The molecule has 2 saturated carbocycles. The summed E-state index contributed by atoms with van der Waals surface area (Å²) < 4.78 is 15.6. The van der Waals surface area contributed by atoms with Crippen LogP contribution < -0.4 is 10.6 Å². The number of nitrogens with zero attached hydrogens (tertiary/aromatic N) is 6. The Bertz CT molecular complexity index is 1530. The fourth-order valence-corrected chi connectivity index (χ4v) is 5.61. The van der Waals surface area contributed by atoms with Crippen LogP contribution in [0.1, 0.15) is 18.2 Å². The van der Waals surface area contributed by atoms with Crippen LogP contribution in [0, 0.1) is 17.2 Å². The van der Waals surface area contributed by atoms with Crippen LogP contribution in [-0.2, 0) is 11.3 Å². The Morgan fingerprint density at radius 3 is 2.86 bits per heavy atom. The minimum Gasteiger partial charge on any atom is -0.389 e. The quantitative estimate of drug-likeness (QED) is 0.295. The lowest BCUT2D eigenvalue weighted by molar-refractivity contribution is -0.132. The van der Waals surface area contributed by atoms with Gasteiger partial charge in [0.05, 0.1) is 42.3 Å². The van der Waals surface area contributed by atoms with Gasteiger partial charge in [-0.15, -0.1) is 0 Å². The van der Waals surface area contributed by atoms with Crippen molar-refractivity contribution in [2.75, 3.05) is 12.4 Å². The molecule has 4 aromatic rings. The lowest BCUT2D eigenvalue weighted by Crippen LogP contribution is -2.41. The van der Waals surface area contributed by atoms with Gasteiger partial charge in [-0.25, -0.2) is 19.3 Å². The summed E-state index contributed by atoms with van der Waals surface area (Å²) >= 11 is 6.08. The van der Waals surface area contributed by atoms with Crippen LogP contribution in [0.4, 0.5) is 10.2 Å². The van der Waals surface area contributed by atoms with E-state index in [1.165, 1.54) is 25.6 Å². The third kappa shape index (κ3) is 3.71. The maximum Gasteiger partial charge on any atom is 0.229 e. The predicted octanol–water partition coefficient (Wildman–Crippen LogP) is 1.72. The standard InChI is InChI=1S/C24H22ClFN8O3/c1-27-23(37)24-6-15(24)17(18(35)19(24)36)34-10-31-16-21(30-9-14-5-12(25)2-3-29-14)32-20(33-22(16)34)11-4-13(26)8-28-7-11/h2-5,7-8,10,15,17-19,35-36H,6,9H2,1H3,(H,27,37)(H,30,32,33)/t15-,17?,18+,19+,24+/m1/s1. The number of rotatable bonds is 6. The monoisotopic (exact) mass is 524 g/mol. The molecule has 6 rings (SSSR count). The molecule has 37 heavy (non-hydrogen) atoms. The highest BCUT2D eigenvalue weighted by Gasteiger charge is 2.75. The number of carbonyl (C=O) groups is 1. The van der Waals surface area contributed by atoms with Gasteiger partial charge in [-0.3, -0.25) is 14.8 Å². The number of fused-ring (bicyclic) bond motifs is 2. The Morgan fingerprint density at radius 2 is 2.11 bits per heavy atom. The van der Waals surface area contributed by atoms with Crippen molar-refractivity contribution in [1.82, 2.24) is 34.8 Å². The summed E-state index contributed by atoms with van der Waals surface area (Å²) in [6, 6.07) is 4.00. The van der Waals surface area contributed by atoms with Gasteiger partial charge in [0.15, 0.2) is 17.3 Å². The molecule has 1 unspecified atom stereocenters. The van der Waals surface area contributed by atoms with E-state index in [1.54, 1.807) is 22.9 Å². The Kier molecular flexibility index (Phi) is 5.55. The molecule has 2 aliphatic carbocycles. The molecule has 0 aromatic carbocycles. The van der Waals surface area contributed by atoms with Crippen LogP contribution in [0.5, 0.6) is 0 Å². The van der Waals surface area contributed by atoms with E-state index >= 15 is 0 Å². The van der Waals surface area contributed by atoms with Crippen molar-refractivity contribution in [3.63, 3.8) is 0 Å². The summed E-state index contributed by atoms with van der Waals surface area (Å²) in [5.41, 5.74) is 0.700. The van der Waals surface area contributed by atoms with Gasteiger partial charge >= 0.3 is 0 Å². The molecular formula is C24H22ClFN8O3. The number of nitrogens with one attached hydrogen (secondary N) is 2. The number of aliphatic hydroxyl groups excluding tert-OH is 2. The fraction of sp³-hybridized carbons (Fsp3) is 0.333. The van der Waals surface area contributed by atoms with Gasteiger partial charge in [0.25, 0.3) is 0 Å². The minimum absolute atomic E-state index is 0.184. The number of imidazole rings is 1. The van der Waals surface area contributed by atoms with E-state index < -0.39 is 29.5 Å². The fourth-order valence-electron chi connectivity index (χ4n) is 5.43. The van der Waals surface area contributed by atoms with Gasteiger partial charge in [-0.05, 0) is 24.6 Å². The zero-order chi connectivity index (χ0) is 25.9. The van der Waals surface area contributed by atoms with E-state index in [0.717, 1.165) is 6.20 Å². The van der Waals surface area contributed by atoms with Gasteiger partial charge in [0.2, 0.25) is 5.91 Å². The van der Waals surface area contributed by atoms with Crippen LogP contribution in [0.15, 0.2) is 43.1 Å². The molecule has 2 fully saturated rings. The third-order valence-electron chi connectivity index (χ3n) is 7.24. The van der Waals surface area contributed by atoms with Gasteiger partial charge in [-0.1, -0.05) is 11.6 Å². The van der Waals surface area contributed by atoms with Crippen molar-refractivity contribution in [3.05, 3.63) is 59.7 Å². The molecule has 0 spiro atoms. The van der Waals surface area contributed by atoms with Crippen molar-refractivity contribution in [1.29, 1.82) is 0 Å². The summed E-state index contributed by atoms with van der Waals surface area (Å²) in [5, 5.41) is 28.1. The number of amides is 1. The summed E-state index contributed by atoms with van der Waals surface area (Å²) in [7, 11) is 1.50. The molecule has 4 N–H and O–H groups in total. The lowest BCUT2D eigenvalue weighted by atomic mass is 9.98. The lowest BCUT2D eigenvalue weighted by Gasteiger charge is -2.23. The summed E-state index contributed by atoms with van der Waals surface area (Å²) in [4.78, 5) is 34.5. The topological polar surface area (TPSA) is 151 Å². The van der Waals surface area contributed by atoms with E-state index in [-0.39, 0.29) is 24.2 Å². The van der Waals surface area contributed by atoms with Crippen molar-refractivity contribution < 1.29 is 19.4 Å². The molecule has 11 nitrogen and oxygen atoms in total. The minimum atomic E-state index is -1.24. The normalized spacial score (nSPS) is 26.2. The number of hydrogen-bond donors (Lipinski definition) is 4. The van der Waals surface area contributed by atoms with Crippen molar-refractivity contribution in [3.8, 4) is 11.4 Å². The van der Waals surface area contributed by atoms with Gasteiger partial charge in [0, 0.05) is 35.9 Å². The van der Waals surface area contributed by atoms with Crippen LogP contribution in [0.2, 0.25) is 5.02 Å². The summed E-state index contributed by atoms with van der Waals surface area (Å²) in [6.45, 7) is 0.271. The molecule has 0 bridgehead atoms. The predicted molar refractivity (Wildman–Crippen MR) is 131 cm³/mol. The molecular weight excluding hydrogens is 503 g/mol.